The molecule has 0 radical (unpaired) electrons. The Kier molecular flexibility index (Phi) is 5.61. The second kappa shape index (κ2) is 5.90. The molecule has 0 unspecified atom stereocenters. The lowest BCUT2D eigenvalue weighted by molar-refractivity contribution is 0.216. The zero-order chi connectivity index (χ0) is 10.3. The smallest absolute Gasteiger partial charge is 0.216 e. The molecule has 0 aromatic carbocycles. The third-order valence-corrected chi connectivity index (χ3v) is 1.50. The molecular weight excluding hydrogens is 191 g/mol. The van der Waals surface area contributed by atoms with Crippen molar-refractivity contribution >= 4 is 17.0 Å². The number of nitrogens with zero attached hydrogens (tertiary/aromatic N) is 3. The van der Waals surface area contributed by atoms with E-state index in [0.717, 1.165) is 11.6 Å². The van der Waals surface area contributed by atoms with E-state index < -0.39 is 5.79 Å². The monoisotopic (exact) mass is 206 g/mol. The first-order chi connectivity index (χ1) is 5.95. The highest BCUT2D eigenvalue weighted by Crippen LogP contribution is 2.09. The first-order valence-corrected chi connectivity index (χ1v) is 4.81. The number of halogens is 1. The van der Waals surface area contributed by atoms with E-state index in [9.17, 15) is 4.39 Å². The van der Waals surface area contributed by atoms with E-state index >= 15 is 0 Å². The van der Waals surface area contributed by atoms with Gasteiger partial charge in [-0.1, -0.05) is 5.22 Å². The van der Waals surface area contributed by atoms with Crippen LogP contribution >= 0.6 is 11.9 Å². The quantitative estimate of drug-likeness (QED) is 0.192. The molecule has 0 saturated carbocycles. The Balaban J connectivity index is 3.68. The van der Waals surface area contributed by atoms with Gasteiger partial charge in [0.25, 0.3) is 0 Å². The van der Waals surface area contributed by atoms with Crippen molar-refractivity contribution in [1.82, 2.24) is 4.83 Å². The topological polar surface area (TPSA) is 49.1 Å². The van der Waals surface area contributed by atoms with Gasteiger partial charge in [0, 0.05) is 18.5 Å². The van der Waals surface area contributed by atoms with Crippen LogP contribution in [-0.2, 0) is 0 Å². The number of rotatable bonds is 4. The van der Waals surface area contributed by atoms with E-state index in [0.29, 0.717) is 0 Å². The fraction of sp³-hybridized carbons (Fsp3) is 0.857. The number of aliphatic imine (C=N–C) groups is 1. The number of hydrogen-bond donors (Lipinski definition) is 1. The van der Waals surface area contributed by atoms with Crippen LogP contribution in [0, 0.1) is 0 Å². The molecule has 0 atom stereocenters. The molecule has 4 nitrogen and oxygen atoms in total. The standard InChI is InChI=1S/C7H15FN4S/c1-5-9-6(2)13-12-11-10-7(3,4)8/h5H2,1-4H3,(H,10,12). The Bertz CT molecular complexity index is 197. The van der Waals surface area contributed by atoms with E-state index in [1.807, 2.05) is 13.8 Å². The largest absolute Gasteiger partial charge is 0.282 e. The first kappa shape index (κ1) is 12.3. The van der Waals surface area contributed by atoms with Gasteiger partial charge in [0.2, 0.25) is 5.79 Å². The fourth-order valence-corrected chi connectivity index (χ4v) is 0.888. The van der Waals surface area contributed by atoms with Crippen LogP contribution in [0.1, 0.15) is 27.7 Å². The highest BCUT2D eigenvalue weighted by molar-refractivity contribution is 8.12. The van der Waals surface area contributed by atoms with Gasteiger partial charge in [-0.05, 0) is 27.7 Å². The molecule has 1 N–H and O–H groups in total. The highest BCUT2D eigenvalue weighted by atomic mass is 32.2. The second-order valence-electron chi connectivity index (χ2n) is 2.80. The van der Waals surface area contributed by atoms with Crippen molar-refractivity contribution in [3.63, 3.8) is 0 Å². The van der Waals surface area contributed by atoms with Crippen molar-refractivity contribution in [2.45, 2.75) is 33.5 Å². The number of alkyl halides is 1. The minimum atomic E-state index is -1.62. The summed E-state index contributed by atoms with van der Waals surface area (Å²) >= 11 is 1.21. The Morgan fingerprint density at radius 2 is 2.15 bits per heavy atom. The Hall–Kier alpha value is -0.650. The van der Waals surface area contributed by atoms with E-state index in [1.54, 1.807) is 0 Å². The van der Waals surface area contributed by atoms with E-state index in [4.69, 9.17) is 0 Å². The van der Waals surface area contributed by atoms with Crippen molar-refractivity contribution in [3.8, 4) is 0 Å². The van der Waals surface area contributed by atoms with E-state index in [2.05, 4.69) is 20.2 Å². The summed E-state index contributed by atoms with van der Waals surface area (Å²) in [6.45, 7) is 7.17. The molecule has 0 aromatic heterocycles. The van der Waals surface area contributed by atoms with Gasteiger partial charge in [0.15, 0.2) is 0 Å². The van der Waals surface area contributed by atoms with Crippen LogP contribution < -0.4 is 4.83 Å². The van der Waals surface area contributed by atoms with Crippen molar-refractivity contribution in [1.29, 1.82) is 0 Å². The summed E-state index contributed by atoms with van der Waals surface area (Å²) in [6, 6.07) is 0. The molecule has 0 rings (SSSR count). The maximum absolute atomic E-state index is 12.7. The minimum Gasteiger partial charge on any atom is -0.282 e. The third-order valence-electron chi connectivity index (χ3n) is 0.903. The van der Waals surface area contributed by atoms with Gasteiger partial charge in [-0.3, -0.25) is 4.99 Å². The molecule has 0 aliphatic carbocycles. The summed E-state index contributed by atoms with van der Waals surface area (Å²) in [5, 5.41) is 7.65. The molecular formula is C7H15FN4S. The Morgan fingerprint density at radius 3 is 2.62 bits per heavy atom. The molecule has 6 heteroatoms. The maximum Gasteiger partial charge on any atom is 0.216 e. The van der Waals surface area contributed by atoms with Crippen LogP contribution in [0.15, 0.2) is 15.3 Å². The molecule has 0 fully saturated rings. The maximum atomic E-state index is 12.7. The molecule has 76 valence electrons. The van der Waals surface area contributed by atoms with Gasteiger partial charge in [0.05, 0.1) is 5.04 Å². The van der Waals surface area contributed by atoms with Crippen molar-refractivity contribution in [2.75, 3.05) is 6.54 Å². The third kappa shape index (κ3) is 9.26. The van der Waals surface area contributed by atoms with Crippen molar-refractivity contribution in [2.24, 2.45) is 15.3 Å². The minimum absolute atomic E-state index is 0.728. The number of nitrogens with one attached hydrogen (secondary N) is 1. The summed E-state index contributed by atoms with van der Waals surface area (Å²) in [5.74, 6) is -1.62. The normalized spacial score (nSPS) is 13.8. The Morgan fingerprint density at radius 1 is 1.54 bits per heavy atom. The van der Waals surface area contributed by atoms with E-state index in [1.165, 1.54) is 25.8 Å². The van der Waals surface area contributed by atoms with Gasteiger partial charge in [0.1, 0.15) is 0 Å². The molecule has 13 heavy (non-hydrogen) atoms. The summed E-state index contributed by atoms with van der Waals surface area (Å²) in [5.41, 5.74) is 0. The van der Waals surface area contributed by atoms with Crippen LogP contribution in [-0.4, -0.2) is 17.4 Å². The lowest BCUT2D eigenvalue weighted by atomic mass is 10.4. The van der Waals surface area contributed by atoms with Gasteiger partial charge in [-0.15, -0.1) is 5.11 Å². The molecule has 0 aromatic rings. The molecule has 0 amide bonds. The molecule has 0 heterocycles. The van der Waals surface area contributed by atoms with Crippen molar-refractivity contribution in [3.05, 3.63) is 0 Å². The predicted octanol–water partition coefficient (Wildman–Crippen LogP) is 2.74. The van der Waals surface area contributed by atoms with Gasteiger partial charge < -0.3 is 0 Å². The van der Waals surface area contributed by atoms with E-state index in [-0.39, 0.29) is 0 Å². The molecule has 0 bridgehead atoms. The molecule has 0 aliphatic heterocycles. The van der Waals surface area contributed by atoms with Gasteiger partial charge in [-0.2, -0.15) is 0 Å². The Labute approximate surface area is 82.2 Å². The summed E-state index contributed by atoms with van der Waals surface area (Å²) in [6.07, 6.45) is 0. The lowest BCUT2D eigenvalue weighted by Crippen LogP contribution is -2.07. The van der Waals surface area contributed by atoms with Crippen LogP contribution in [0.5, 0.6) is 0 Å². The first-order valence-electron chi connectivity index (χ1n) is 3.99. The predicted molar refractivity (Wildman–Crippen MR) is 54.4 cm³/mol. The molecule has 0 aliphatic rings. The molecule has 0 saturated heterocycles. The average Bonchev–Trinajstić information content (AvgIpc) is 1.97. The molecule has 0 spiro atoms. The highest BCUT2D eigenvalue weighted by Gasteiger charge is 2.11. The summed E-state index contributed by atoms with van der Waals surface area (Å²) in [7, 11) is 0. The van der Waals surface area contributed by atoms with Crippen LogP contribution in [0.3, 0.4) is 0 Å². The second-order valence-corrected chi connectivity index (χ2v) is 3.77. The van der Waals surface area contributed by atoms with Crippen LogP contribution in [0.25, 0.3) is 0 Å². The zero-order valence-corrected chi connectivity index (χ0v) is 9.15. The van der Waals surface area contributed by atoms with Crippen LogP contribution in [0.4, 0.5) is 4.39 Å². The van der Waals surface area contributed by atoms with Gasteiger partial charge in [-0.25, -0.2) is 9.22 Å². The number of hydrogen-bond acceptors (Lipinski definition) is 4. The SMILES string of the molecule is CCN=C(C)SNN=NC(C)(C)F. The van der Waals surface area contributed by atoms with Crippen molar-refractivity contribution < 1.29 is 4.39 Å². The zero-order valence-electron chi connectivity index (χ0n) is 8.33. The fourth-order valence-electron chi connectivity index (χ4n) is 0.481. The van der Waals surface area contributed by atoms with Gasteiger partial charge >= 0.3 is 0 Å². The van der Waals surface area contributed by atoms with Crippen LogP contribution in [0.2, 0.25) is 0 Å². The summed E-state index contributed by atoms with van der Waals surface area (Å²) in [4.78, 5) is 6.61. The lowest BCUT2D eigenvalue weighted by Gasteiger charge is -2.04. The average molecular weight is 206 g/mol. The summed E-state index contributed by atoms with van der Waals surface area (Å²) < 4.78 is 12.7.